The molecule has 0 radical (unpaired) electrons. The summed E-state index contributed by atoms with van der Waals surface area (Å²) in [7, 11) is 1.79. The van der Waals surface area contributed by atoms with E-state index in [-0.39, 0.29) is 6.61 Å². The lowest BCUT2D eigenvalue weighted by Gasteiger charge is -2.16. The Bertz CT molecular complexity index is 356. The van der Waals surface area contributed by atoms with Gasteiger partial charge in [-0.3, -0.25) is 0 Å². The minimum atomic E-state index is 0.235. The summed E-state index contributed by atoms with van der Waals surface area (Å²) in [6.07, 6.45) is 4.78. The molecule has 18 heavy (non-hydrogen) atoms. The maximum absolute atomic E-state index is 9.02. The molecule has 0 aromatic carbocycles. The van der Waals surface area contributed by atoms with Crippen molar-refractivity contribution < 1.29 is 5.11 Å². The minimum absolute atomic E-state index is 0.235. The Morgan fingerprint density at radius 2 is 2.22 bits per heavy atom. The smallest absolute Gasteiger partial charge is 0.224 e. The molecule has 1 rings (SSSR count). The van der Waals surface area contributed by atoms with Gasteiger partial charge in [0.1, 0.15) is 5.82 Å². The molecule has 6 heteroatoms. The van der Waals surface area contributed by atoms with Crippen LogP contribution in [-0.4, -0.2) is 35.3 Å². The van der Waals surface area contributed by atoms with Gasteiger partial charge < -0.3 is 15.7 Å². The van der Waals surface area contributed by atoms with Gasteiger partial charge in [0, 0.05) is 26.4 Å². The van der Waals surface area contributed by atoms with Crippen molar-refractivity contribution in [3.8, 4) is 0 Å². The molecule has 0 fully saturated rings. The van der Waals surface area contributed by atoms with E-state index < -0.39 is 0 Å². The van der Waals surface area contributed by atoms with Crippen LogP contribution in [-0.2, 0) is 0 Å². The van der Waals surface area contributed by atoms with Crippen LogP contribution in [0.5, 0.6) is 0 Å². The minimum Gasteiger partial charge on any atom is -0.396 e. The van der Waals surface area contributed by atoms with Crippen LogP contribution < -0.4 is 10.6 Å². The fourth-order valence-electron chi connectivity index (χ4n) is 1.79. The van der Waals surface area contributed by atoms with Gasteiger partial charge in [-0.2, -0.15) is 4.98 Å². The Morgan fingerprint density at radius 1 is 1.44 bits per heavy atom. The number of rotatable bonds is 8. The van der Waals surface area contributed by atoms with Gasteiger partial charge in [0.15, 0.2) is 0 Å². The molecule has 1 unspecified atom stereocenters. The normalized spacial score (nSPS) is 12.2. The third kappa shape index (κ3) is 4.78. The van der Waals surface area contributed by atoms with Gasteiger partial charge in [-0.25, -0.2) is 4.98 Å². The van der Waals surface area contributed by atoms with E-state index in [9.17, 15) is 0 Å². The second kappa shape index (κ2) is 8.26. The number of hydrogen-bond donors (Lipinski definition) is 3. The molecule has 102 valence electrons. The fraction of sp³-hybridized carbons (Fsp3) is 0.667. The molecule has 3 N–H and O–H groups in total. The van der Waals surface area contributed by atoms with E-state index in [0.29, 0.717) is 11.9 Å². The van der Waals surface area contributed by atoms with E-state index in [1.54, 1.807) is 13.2 Å². The SMILES string of the molecule is CCCC(CCO)CNc1nc(NC)ncc1Br. The summed E-state index contributed by atoms with van der Waals surface area (Å²) in [6.45, 7) is 3.20. The van der Waals surface area contributed by atoms with Crippen molar-refractivity contribution >= 4 is 27.7 Å². The van der Waals surface area contributed by atoms with Gasteiger partial charge in [-0.05, 0) is 34.7 Å². The number of halogens is 1. The number of nitrogens with zero attached hydrogens (tertiary/aromatic N) is 2. The lowest BCUT2D eigenvalue weighted by atomic mass is 10.0. The molecule has 0 saturated carbocycles. The molecule has 1 aromatic heterocycles. The van der Waals surface area contributed by atoms with Crippen molar-refractivity contribution in [3.05, 3.63) is 10.7 Å². The van der Waals surface area contributed by atoms with Gasteiger partial charge in [0.2, 0.25) is 5.95 Å². The third-order valence-electron chi connectivity index (χ3n) is 2.76. The molecule has 0 saturated heterocycles. The monoisotopic (exact) mass is 316 g/mol. The molecule has 0 bridgehead atoms. The first kappa shape index (κ1) is 15.2. The first-order chi connectivity index (χ1) is 8.71. The van der Waals surface area contributed by atoms with Crippen molar-refractivity contribution in [3.63, 3.8) is 0 Å². The number of aliphatic hydroxyl groups is 1. The summed E-state index contributed by atoms with van der Waals surface area (Å²) in [6, 6.07) is 0. The lowest BCUT2D eigenvalue weighted by molar-refractivity contribution is 0.255. The number of nitrogens with one attached hydrogen (secondary N) is 2. The zero-order valence-corrected chi connectivity index (χ0v) is 12.5. The molecule has 1 aromatic rings. The topological polar surface area (TPSA) is 70.1 Å². The Morgan fingerprint density at radius 3 is 2.83 bits per heavy atom. The van der Waals surface area contributed by atoms with E-state index in [4.69, 9.17) is 5.11 Å². The quantitative estimate of drug-likeness (QED) is 0.687. The van der Waals surface area contributed by atoms with E-state index in [0.717, 1.165) is 36.1 Å². The van der Waals surface area contributed by atoms with Crippen LogP contribution in [0.3, 0.4) is 0 Å². The van der Waals surface area contributed by atoms with Crippen LogP contribution in [0.2, 0.25) is 0 Å². The van der Waals surface area contributed by atoms with Crippen molar-refractivity contribution in [2.75, 3.05) is 30.8 Å². The predicted octanol–water partition coefficient (Wildman–Crippen LogP) is 2.49. The van der Waals surface area contributed by atoms with Gasteiger partial charge in [0.05, 0.1) is 4.47 Å². The molecule has 1 heterocycles. The predicted molar refractivity (Wildman–Crippen MR) is 77.9 cm³/mol. The van der Waals surface area contributed by atoms with Crippen molar-refractivity contribution in [2.24, 2.45) is 5.92 Å². The zero-order chi connectivity index (χ0) is 13.4. The second-order valence-electron chi connectivity index (χ2n) is 4.19. The molecule has 0 aliphatic rings. The average Bonchev–Trinajstić information content (AvgIpc) is 2.38. The van der Waals surface area contributed by atoms with E-state index in [1.165, 1.54) is 0 Å². The highest BCUT2D eigenvalue weighted by atomic mass is 79.9. The molecule has 0 aliphatic carbocycles. The van der Waals surface area contributed by atoms with Crippen LogP contribution in [0.15, 0.2) is 10.7 Å². The maximum Gasteiger partial charge on any atom is 0.224 e. The Balaban J connectivity index is 2.60. The highest BCUT2D eigenvalue weighted by molar-refractivity contribution is 9.10. The zero-order valence-electron chi connectivity index (χ0n) is 10.9. The van der Waals surface area contributed by atoms with E-state index >= 15 is 0 Å². The fourth-order valence-corrected chi connectivity index (χ4v) is 2.12. The highest BCUT2D eigenvalue weighted by Crippen LogP contribution is 2.21. The largest absolute Gasteiger partial charge is 0.396 e. The molecular formula is C12H21BrN4O. The second-order valence-corrected chi connectivity index (χ2v) is 5.04. The lowest BCUT2D eigenvalue weighted by Crippen LogP contribution is -2.17. The van der Waals surface area contributed by atoms with Crippen molar-refractivity contribution in [2.45, 2.75) is 26.2 Å². The maximum atomic E-state index is 9.02. The highest BCUT2D eigenvalue weighted by Gasteiger charge is 2.09. The number of aliphatic hydroxyl groups excluding tert-OH is 1. The number of aromatic nitrogens is 2. The molecule has 0 amide bonds. The summed E-state index contributed by atoms with van der Waals surface area (Å²) in [4.78, 5) is 8.45. The number of anilines is 2. The summed E-state index contributed by atoms with van der Waals surface area (Å²) in [5.74, 6) is 1.85. The standard InChI is InChI=1S/C12H21BrN4O/c1-3-4-9(5-6-18)7-15-11-10(13)8-16-12(14-2)17-11/h8-9,18H,3-7H2,1-2H3,(H2,14,15,16,17). The van der Waals surface area contributed by atoms with Gasteiger partial charge in [-0.15, -0.1) is 0 Å². The number of hydrogen-bond acceptors (Lipinski definition) is 5. The van der Waals surface area contributed by atoms with E-state index in [2.05, 4.69) is 43.5 Å². The van der Waals surface area contributed by atoms with Crippen LogP contribution in [0.1, 0.15) is 26.2 Å². The molecule has 0 aliphatic heterocycles. The molecule has 0 spiro atoms. The van der Waals surface area contributed by atoms with Crippen LogP contribution in [0, 0.1) is 5.92 Å². The average molecular weight is 317 g/mol. The van der Waals surface area contributed by atoms with Crippen molar-refractivity contribution in [1.29, 1.82) is 0 Å². The van der Waals surface area contributed by atoms with Gasteiger partial charge in [0.25, 0.3) is 0 Å². The first-order valence-corrected chi connectivity index (χ1v) is 7.05. The van der Waals surface area contributed by atoms with Crippen LogP contribution in [0.4, 0.5) is 11.8 Å². The van der Waals surface area contributed by atoms with Crippen LogP contribution >= 0.6 is 15.9 Å². The van der Waals surface area contributed by atoms with Gasteiger partial charge >= 0.3 is 0 Å². The summed E-state index contributed by atoms with van der Waals surface area (Å²) in [5, 5.41) is 15.2. The van der Waals surface area contributed by atoms with E-state index in [1.807, 2.05) is 0 Å². The summed E-state index contributed by atoms with van der Waals surface area (Å²) in [5.41, 5.74) is 0. The summed E-state index contributed by atoms with van der Waals surface area (Å²) >= 11 is 3.42. The summed E-state index contributed by atoms with van der Waals surface area (Å²) < 4.78 is 0.848. The molecular weight excluding hydrogens is 296 g/mol. The Labute approximate surface area is 117 Å². The van der Waals surface area contributed by atoms with Crippen molar-refractivity contribution in [1.82, 2.24) is 9.97 Å². The van der Waals surface area contributed by atoms with Crippen LogP contribution in [0.25, 0.3) is 0 Å². The molecule has 5 nitrogen and oxygen atoms in total. The Hall–Kier alpha value is -0.880. The third-order valence-corrected chi connectivity index (χ3v) is 3.34. The molecule has 1 atom stereocenters. The first-order valence-electron chi connectivity index (χ1n) is 6.26. The Kier molecular flexibility index (Phi) is 6.97. The van der Waals surface area contributed by atoms with Gasteiger partial charge in [-0.1, -0.05) is 13.3 Å².